The molecule has 1 aromatic carbocycles. The first-order chi connectivity index (χ1) is 9.39. The monoisotopic (exact) mass is 340 g/mol. The van der Waals surface area contributed by atoms with Crippen LogP contribution in [0.2, 0.25) is 0 Å². The second-order valence-electron chi connectivity index (χ2n) is 5.82. The second kappa shape index (κ2) is 6.14. The number of hydrogen-bond acceptors (Lipinski definition) is 3. The van der Waals surface area contributed by atoms with Crippen LogP contribution in [0.3, 0.4) is 0 Å². The lowest BCUT2D eigenvalue weighted by atomic mass is 9.79. The molecule has 0 aromatic heterocycles. The van der Waals surface area contributed by atoms with Gasteiger partial charge in [-0.1, -0.05) is 22.9 Å². The summed E-state index contributed by atoms with van der Waals surface area (Å²) in [6.45, 7) is 2.48. The Hall–Kier alpha value is -1.07. The van der Waals surface area contributed by atoms with Crippen molar-refractivity contribution in [1.29, 1.82) is 0 Å². The third-order valence-electron chi connectivity index (χ3n) is 4.04. The molecule has 0 radical (unpaired) electrons. The third kappa shape index (κ3) is 3.73. The van der Waals surface area contributed by atoms with Crippen LogP contribution < -0.4 is 11.1 Å². The average molecular weight is 341 g/mol. The van der Waals surface area contributed by atoms with Crippen LogP contribution in [0.5, 0.6) is 0 Å². The Bertz CT molecular complexity index is 497. The normalized spacial score (nSPS) is 26.2. The molecule has 1 saturated carbocycles. The minimum atomic E-state index is -0.775. The lowest BCUT2D eigenvalue weighted by Crippen LogP contribution is -2.45. The van der Waals surface area contributed by atoms with E-state index < -0.39 is 5.60 Å². The molecule has 0 heterocycles. The number of amides is 1. The highest BCUT2D eigenvalue weighted by atomic mass is 79.9. The Kier molecular flexibility index (Phi) is 4.70. The van der Waals surface area contributed by atoms with E-state index in [9.17, 15) is 9.90 Å². The highest BCUT2D eigenvalue weighted by Gasteiger charge is 2.32. The van der Waals surface area contributed by atoms with Gasteiger partial charge in [0.1, 0.15) is 0 Å². The lowest BCUT2D eigenvalue weighted by molar-refractivity contribution is -0.00539. The Balaban J connectivity index is 1.97. The van der Waals surface area contributed by atoms with Crippen molar-refractivity contribution in [3.05, 3.63) is 28.2 Å². The van der Waals surface area contributed by atoms with Gasteiger partial charge in [-0.15, -0.1) is 0 Å². The molecule has 0 bridgehead atoms. The largest absolute Gasteiger partial charge is 0.398 e. The minimum absolute atomic E-state index is 0.240. The fraction of sp³-hybridized carbons (Fsp3) is 0.533. The molecule has 1 aliphatic rings. The molecule has 4 nitrogen and oxygen atoms in total. The van der Waals surface area contributed by atoms with Crippen LogP contribution in [-0.4, -0.2) is 23.2 Å². The Morgan fingerprint density at radius 1 is 1.50 bits per heavy atom. The maximum Gasteiger partial charge on any atom is 0.253 e. The van der Waals surface area contributed by atoms with Crippen molar-refractivity contribution in [2.75, 3.05) is 12.3 Å². The standard InChI is InChI=1S/C15H21BrN2O2/c1-10-4-6-15(20,7-5-10)9-18-14(19)12-8-11(16)2-3-13(12)17/h2-3,8,10,20H,4-7,9,17H2,1H3,(H,18,19). The first-order valence-electron chi connectivity index (χ1n) is 6.95. The molecule has 110 valence electrons. The average Bonchev–Trinajstić information content (AvgIpc) is 2.43. The van der Waals surface area contributed by atoms with Crippen molar-refractivity contribution in [3.63, 3.8) is 0 Å². The van der Waals surface area contributed by atoms with Gasteiger partial charge in [0.05, 0.1) is 11.2 Å². The van der Waals surface area contributed by atoms with Crippen molar-refractivity contribution in [3.8, 4) is 0 Å². The molecule has 0 aliphatic heterocycles. The van der Waals surface area contributed by atoms with E-state index in [1.54, 1.807) is 18.2 Å². The van der Waals surface area contributed by atoms with Crippen LogP contribution >= 0.6 is 15.9 Å². The van der Waals surface area contributed by atoms with E-state index in [0.717, 1.165) is 30.2 Å². The summed E-state index contributed by atoms with van der Waals surface area (Å²) in [5.41, 5.74) is 5.91. The zero-order chi connectivity index (χ0) is 14.8. The topological polar surface area (TPSA) is 75.3 Å². The van der Waals surface area contributed by atoms with Crippen LogP contribution in [0, 0.1) is 5.92 Å². The van der Waals surface area contributed by atoms with Gasteiger partial charge in [-0.05, 0) is 49.8 Å². The van der Waals surface area contributed by atoms with Crippen molar-refractivity contribution in [2.45, 2.75) is 38.2 Å². The number of nitrogens with two attached hydrogens (primary N) is 1. The van der Waals surface area contributed by atoms with Crippen LogP contribution in [0.15, 0.2) is 22.7 Å². The van der Waals surface area contributed by atoms with Gasteiger partial charge in [0.2, 0.25) is 0 Å². The predicted octanol–water partition coefficient (Wildman–Crippen LogP) is 2.70. The first kappa shape index (κ1) is 15.3. The molecular weight excluding hydrogens is 320 g/mol. The number of hydrogen-bond donors (Lipinski definition) is 3. The molecule has 1 fully saturated rings. The van der Waals surface area contributed by atoms with Crippen molar-refractivity contribution in [1.82, 2.24) is 5.32 Å². The molecule has 5 heteroatoms. The van der Waals surface area contributed by atoms with E-state index in [4.69, 9.17) is 5.73 Å². The number of anilines is 1. The zero-order valence-corrected chi connectivity index (χ0v) is 13.2. The molecule has 1 amide bonds. The van der Waals surface area contributed by atoms with Crippen molar-refractivity contribution >= 4 is 27.5 Å². The summed E-state index contributed by atoms with van der Waals surface area (Å²) >= 11 is 3.32. The molecule has 1 aromatic rings. The van der Waals surface area contributed by atoms with E-state index in [2.05, 4.69) is 28.2 Å². The van der Waals surface area contributed by atoms with E-state index in [-0.39, 0.29) is 12.5 Å². The van der Waals surface area contributed by atoms with Crippen molar-refractivity contribution in [2.24, 2.45) is 5.92 Å². The highest BCUT2D eigenvalue weighted by molar-refractivity contribution is 9.10. The van der Waals surface area contributed by atoms with Crippen LogP contribution in [0.1, 0.15) is 43.0 Å². The molecule has 1 aliphatic carbocycles. The van der Waals surface area contributed by atoms with E-state index >= 15 is 0 Å². The number of halogens is 1. The number of carbonyl (C=O) groups excluding carboxylic acids is 1. The van der Waals surface area contributed by atoms with Gasteiger partial charge < -0.3 is 16.2 Å². The molecule has 20 heavy (non-hydrogen) atoms. The Morgan fingerprint density at radius 2 is 2.15 bits per heavy atom. The Labute approximate surface area is 127 Å². The van der Waals surface area contributed by atoms with Crippen LogP contribution in [-0.2, 0) is 0 Å². The number of benzene rings is 1. The van der Waals surface area contributed by atoms with Gasteiger partial charge in [-0.25, -0.2) is 0 Å². The number of rotatable bonds is 3. The summed E-state index contributed by atoms with van der Waals surface area (Å²) in [6.07, 6.45) is 3.49. The smallest absolute Gasteiger partial charge is 0.253 e. The number of carbonyl (C=O) groups is 1. The van der Waals surface area contributed by atoms with Gasteiger partial charge in [0.15, 0.2) is 0 Å². The van der Waals surface area contributed by atoms with Gasteiger partial charge >= 0.3 is 0 Å². The molecule has 0 spiro atoms. The summed E-state index contributed by atoms with van der Waals surface area (Å²) in [4.78, 5) is 12.1. The highest BCUT2D eigenvalue weighted by Crippen LogP contribution is 2.31. The number of nitrogen functional groups attached to an aromatic ring is 1. The maximum absolute atomic E-state index is 12.1. The van der Waals surface area contributed by atoms with Crippen molar-refractivity contribution < 1.29 is 9.90 Å². The first-order valence-corrected chi connectivity index (χ1v) is 7.74. The van der Waals surface area contributed by atoms with E-state index in [0.29, 0.717) is 17.2 Å². The summed E-state index contributed by atoms with van der Waals surface area (Å²) < 4.78 is 0.807. The van der Waals surface area contributed by atoms with E-state index in [1.807, 2.05) is 0 Å². The number of aliphatic hydroxyl groups is 1. The maximum atomic E-state index is 12.1. The SMILES string of the molecule is CC1CCC(O)(CNC(=O)c2cc(Br)ccc2N)CC1. The lowest BCUT2D eigenvalue weighted by Gasteiger charge is -2.35. The fourth-order valence-electron chi connectivity index (χ4n) is 2.54. The Morgan fingerprint density at radius 3 is 2.80 bits per heavy atom. The molecule has 0 saturated heterocycles. The quantitative estimate of drug-likeness (QED) is 0.740. The predicted molar refractivity (Wildman–Crippen MR) is 83.5 cm³/mol. The van der Waals surface area contributed by atoms with Gasteiger partial charge in [0.25, 0.3) is 5.91 Å². The molecular formula is C15H21BrN2O2. The molecule has 0 atom stereocenters. The minimum Gasteiger partial charge on any atom is -0.398 e. The second-order valence-corrected chi connectivity index (χ2v) is 6.74. The summed E-state index contributed by atoms with van der Waals surface area (Å²) in [7, 11) is 0. The van der Waals surface area contributed by atoms with Gasteiger partial charge in [0, 0.05) is 16.7 Å². The summed E-state index contributed by atoms with van der Waals surface area (Å²) in [5.74, 6) is 0.419. The zero-order valence-electron chi connectivity index (χ0n) is 11.7. The third-order valence-corrected chi connectivity index (χ3v) is 4.54. The molecule has 4 N–H and O–H groups in total. The summed E-state index contributed by atoms with van der Waals surface area (Å²) in [6, 6.07) is 5.18. The number of nitrogens with one attached hydrogen (secondary N) is 1. The molecule has 2 rings (SSSR count). The van der Waals surface area contributed by atoms with Crippen LogP contribution in [0.25, 0.3) is 0 Å². The fourth-order valence-corrected chi connectivity index (χ4v) is 2.90. The van der Waals surface area contributed by atoms with Crippen LogP contribution in [0.4, 0.5) is 5.69 Å². The molecule has 0 unspecified atom stereocenters. The van der Waals surface area contributed by atoms with Gasteiger partial charge in [-0.3, -0.25) is 4.79 Å². The van der Waals surface area contributed by atoms with Gasteiger partial charge in [-0.2, -0.15) is 0 Å². The summed E-state index contributed by atoms with van der Waals surface area (Å²) in [5, 5.41) is 13.3. The van der Waals surface area contributed by atoms with E-state index in [1.165, 1.54) is 0 Å².